The number of benzene rings is 2. The second-order valence-corrected chi connectivity index (χ2v) is 7.23. The van der Waals surface area contributed by atoms with Crippen LogP contribution in [0.15, 0.2) is 47.4 Å². The normalized spacial score (nSPS) is 17.3. The fourth-order valence-electron chi connectivity index (χ4n) is 2.60. The monoisotopic (exact) mass is 400 g/mol. The summed E-state index contributed by atoms with van der Waals surface area (Å²) in [5.74, 6) is -0.0386. The Labute approximate surface area is 166 Å². The Morgan fingerprint density at radius 1 is 1.29 bits per heavy atom. The zero-order chi connectivity index (χ0) is 20.1. The highest BCUT2D eigenvalue weighted by atomic mass is 32.2. The number of carboxylic acids is 1. The van der Waals surface area contributed by atoms with Crippen LogP contribution in [0.1, 0.15) is 11.1 Å². The summed E-state index contributed by atoms with van der Waals surface area (Å²) in [6, 6.07) is 12.7. The van der Waals surface area contributed by atoms with E-state index < -0.39 is 12.6 Å². The molecule has 3 N–H and O–H groups in total. The number of carbonyl (C=O) groups excluding carboxylic acids is 1. The topological polar surface area (TPSA) is 96.9 Å². The number of carbonyl (C=O) groups is 2. The van der Waals surface area contributed by atoms with Crippen molar-refractivity contribution in [3.63, 3.8) is 0 Å². The van der Waals surface area contributed by atoms with Crippen LogP contribution in [0, 0.1) is 6.92 Å². The fraction of sp³-hybridized carbons (Fsp3) is 0.200. The number of ether oxygens (including phenoxy) is 2. The Morgan fingerprint density at radius 3 is 2.71 bits per heavy atom. The van der Waals surface area contributed by atoms with Crippen LogP contribution in [0.5, 0.6) is 11.5 Å². The number of nitrogens with one attached hydrogen (secondary N) is 2. The van der Waals surface area contributed by atoms with Crippen LogP contribution in [0.25, 0.3) is 6.08 Å². The first-order valence-corrected chi connectivity index (χ1v) is 9.37. The number of methoxy groups -OCH3 is 1. The summed E-state index contributed by atoms with van der Waals surface area (Å²) in [6.07, 6.45) is 1.77. The summed E-state index contributed by atoms with van der Waals surface area (Å²) in [7, 11) is 1.60. The van der Waals surface area contributed by atoms with Crippen molar-refractivity contribution in [1.29, 1.82) is 0 Å². The lowest BCUT2D eigenvalue weighted by Crippen LogP contribution is -2.31. The number of thioether (sulfide) groups is 1. The summed E-state index contributed by atoms with van der Waals surface area (Å²) >= 11 is 1.38. The van der Waals surface area contributed by atoms with Crippen molar-refractivity contribution in [2.75, 3.05) is 19.0 Å². The molecule has 8 heteroatoms. The van der Waals surface area contributed by atoms with Crippen molar-refractivity contribution < 1.29 is 24.2 Å². The SMILES string of the molecule is COc1ccc(C)cc1NC1NC(=O)/C(=C/c2ccc(OCC(=O)O)cc2)S1. The fourth-order valence-corrected chi connectivity index (χ4v) is 3.57. The van der Waals surface area contributed by atoms with Gasteiger partial charge in [-0.05, 0) is 48.4 Å². The summed E-state index contributed by atoms with van der Waals surface area (Å²) in [6.45, 7) is 1.59. The molecule has 1 fully saturated rings. The average molecular weight is 400 g/mol. The van der Waals surface area contributed by atoms with E-state index >= 15 is 0 Å². The van der Waals surface area contributed by atoms with Crippen molar-refractivity contribution in [2.24, 2.45) is 0 Å². The minimum absolute atomic E-state index is 0.166. The first-order chi connectivity index (χ1) is 13.4. The molecule has 1 amide bonds. The maximum atomic E-state index is 12.3. The first-order valence-electron chi connectivity index (χ1n) is 8.49. The predicted octanol–water partition coefficient (Wildman–Crippen LogP) is 3.07. The van der Waals surface area contributed by atoms with E-state index in [4.69, 9.17) is 14.6 Å². The molecule has 146 valence electrons. The van der Waals surface area contributed by atoms with Crippen molar-refractivity contribution in [2.45, 2.75) is 12.4 Å². The number of amides is 1. The Hall–Kier alpha value is -3.13. The van der Waals surface area contributed by atoms with E-state index in [9.17, 15) is 9.59 Å². The molecule has 1 heterocycles. The molecule has 0 spiro atoms. The van der Waals surface area contributed by atoms with E-state index in [0.717, 1.165) is 16.8 Å². The lowest BCUT2D eigenvalue weighted by Gasteiger charge is -2.16. The number of hydrogen-bond donors (Lipinski definition) is 3. The molecule has 2 aromatic carbocycles. The Kier molecular flexibility index (Phi) is 6.10. The third-order valence-electron chi connectivity index (χ3n) is 3.91. The summed E-state index contributed by atoms with van der Waals surface area (Å²) in [5, 5.41) is 14.8. The largest absolute Gasteiger partial charge is 0.495 e. The molecule has 0 aromatic heterocycles. The Morgan fingerprint density at radius 2 is 2.04 bits per heavy atom. The molecule has 0 bridgehead atoms. The number of aliphatic carboxylic acids is 1. The molecular weight excluding hydrogens is 380 g/mol. The lowest BCUT2D eigenvalue weighted by molar-refractivity contribution is -0.139. The van der Waals surface area contributed by atoms with Crippen molar-refractivity contribution in [3.8, 4) is 11.5 Å². The van der Waals surface area contributed by atoms with E-state index in [1.807, 2.05) is 25.1 Å². The molecule has 3 rings (SSSR count). The van der Waals surface area contributed by atoms with Gasteiger partial charge < -0.3 is 25.2 Å². The molecule has 28 heavy (non-hydrogen) atoms. The number of carboxylic acid groups (broad SMARTS) is 1. The zero-order valence-corrected chi connectivity index (χ0v) is 16.2. The van der Waals surface area contributed by atoms with E-state index in [1.165, 1.54) is 11.8 Å². The molecule has 7 nitrogen and oxygen atoms in total. The van der Waals surface area contributed by atoms with Gasteiger partial charge in [0.05, 0.1) is 17.7 Å². The number of rotatable bonds is 7. The molecule has 1 aliphatic rings. The van der Waals surface area contributed by atoms with Crippen LogP contribution in [0.3, 0.4) is 0 Å². The average Bonchev–Trinajstić information content (AvgIpc) is 3.00. The second-order valence-electron chi connectivity index (χ2n) is 6.08. The Bertz CT molecular complexity index is 911. The van der Waals surface area contributed by atoms with Gasteiger partial charge in [-0.2, -0.15) is 0 Å². The smallest absolute Gasteiger partial charge is 0.341 e. The van der Waals surface area contributed by atoms with Crippen LogP contribution in [-0.2, 0) is 9.59 Å². The molecule has 2 aromatic rings. The van der Waals surface area contributed by atoms with Crippen molar-refractivity contribution in [1.82, 2.24) is 5.32 Å². The van der Waals surface area contributed by atoms with Gasteiger partial charge in [-0.25, -0.2) is 4.79 Å². The van der Waals surface area contributed by atoms with Gasteiger partial charge in [-0.1, -0.05) is 30.0 Å². The summed E-state index contributed by atoms with van der Waals surface area (Å²) < 4.78 is 10.5. The molecule has 1 aliphatic heterocycles. The molecule has 0 radical (unpaired) electrons. The quantitative estimate of drug-likeness (QED) is 0.615. The molecular formula is C20H20N2O5S. The molecule has 1 saturated heterocycles. The van der Waals surface area contributed by atoms with E-state index in [-0.39, 0.29) is 11.4 Å². The third kappa shape index (κ3) is 4.98. The minimum Gasteiger partial charge on any atom is -0.495 e. The number of aryl methyl sites for hydroxylation is 1. The van der Waals surface area contributed by atoms with Gasteiger partial charge in [-0.3, -0.25) is 4.79 Å². The predicted molar refractivity (Wildman–Crippen MR) is 108 cm³/mol. The van der Waals surface area contributed by atoms with Gasteiger partial charge in [-0.15, -0.1) is 0 Å². The Balaban J connectivity index is 1.67. The summed E-state index contributed by atoms with van der Waals surface area (Å²) in [5.41, 5.74) is 2.39. The highest BCUT2D eigenvalue weighted by Crippen LogP contribution is 2.33. The van der Waals surface area contributed by atoms with Gasteiger partial charge in [0.1, 0.15) is 11.5 Å². The standard InChI is InChI=1S/C20H20N2O5S/c1-12-3-8-16(26-2)15(9-12)21-20-22-19(25)17(28-20)10-13-4-6-14(7-5-13)27-11-18(23)24/h3-10,20-21H,11H2,1-2H3,(H,22,25)(H,23,24)/b17-10-. The van der Waals surface area contributed by atoms with Crippen LogP contribution >= 0.6 is 11.8 Å². The highest BCUT2D eigenvalue weighted by molar-refractivity contribution is 8.05. The van der Waals surface area contributed by atoms with Crippen molar-refractivity contribution in [3.05, 3.63) is 58.5 Å². The van der Waals surface area contributed by atoms with E-state index in [1.54, 1.807) is 37.5 Å². The van der Waals surface area contributed by atoms with E-state index in [2.05, 4.69) is 10.6 Å². The van der Waals surface area contributed by atoms with Crippen molar-refractivity contribution >= 4 is 35.4 Å². The lowest BCUT2D eigenvalue weighted by atomic mass is 10.2. The third-order valence-corrected chi connectivity index (χ3v) is 4.94. The minimum atomic E-state index is -1.03. The van der Waals surface area contributed by atoms with Gasteiger partial charge in [0, 0.05) is 0 Å². The van der Waals surface area contributed by atoms with Crippen LogP contribution in [0.2, 0.25) is 0 Å². The van der Waals surface area contributed by atoms with Gasteiger partial charge >= 0.3 is 5.97 Å². The zero-order valence-electron chi connectivity index (χ0n) is 15.4. The van der Waals surface area contributed by atoms with Crippen LogP contribution in [0.4, 0.5) is 5.69 Å². The van der Waals surface area contributed by atoms with Crippen LogP contribution < -0.4 is 20.1 Å². The van der Waals surface area contributed by atoms with E-state index in [0.29, 0.717) is 16.4 Å². The summed E-state index contributed by atoms with van der Waals surface area (Å²) in [4.78, 5) is 23.4. The molecule has 1 unspecified atom stereocenters. The second kappa shape index (κ2) is 8.71. The maximum Gasteiger partial charge on any atom is 0.341 e. The van der Waals surface area contributed by atoms with Gasteiger partial charge in [0.15, 0.2) is 12.1 Å². The van der Waals surface area contributed by atoms with Gasteiger partial charge in [0.2, 0.25) is 0 Å². The molecule has 0 aliphatic carbocycles. The number of anilines is 1. The highest BCUT2D eigenvalue weighted by Gasteiger charge is 2.27. The number of hydrogen-bond acceptors (Lipinski definition) is 6. The first kappa shape index (κ1) is 19.6. The maximum absolute atomic E-state index is 12.3. The van der Waals surface area contributed by atoms with Gasteiger partial charge in [0.25, 0.3) is 5.91 Å². The molecule has 0 saturated carbocycles. The van der Waals surface area contributed by atoms with Crippen LogP contribution in [-0.4, -0.2) is 36.2 Å². The molecule has 1 atom stereocenters.